The smallest absolute Gasteiger partial charge is 0.166 e. The van der Waals surface area contributed by atoms with Gasteiger partial charge in [0.05, 0.1) is 5.60 Å². The fourth-order valence-corrected chi connectivity index (χ4v) is 2.67. The minimum atomic E-state index is -0.675. The van der Waals surface area contributed by atoms with E-state index in [1.807, 2.05) is 32.0 Å². The van der Waals surface area contributed by atoms with E-state index in [1.54, 1.807) is 0 Å². The SMILES string of the molecule is CC(C)(O)CCC1CCCc2ccccc2C1=O. The number of rotatable bonds is 3. The van der Waals surface area contributed by atoms with E-state index < -0.39 is 5.60 Å². The predicted octanol–water partition coefficient (Wildman–Crippen LogP) is 3.37. The number of aryl methyl sites for hydroxylation is 1. The average molecular weight is 246 g/mol. The summed E-state index contributed by atoms with van der Waals surface area (Å²) in [4.78, 5) is 12.5. The van der Waals surface area contributed by atoms with Gasteiger partial charge in [-0.25, -0.2) is 0 Å². The van der Waals surface area contributed by atoms with Crippen LogP contribution in [-0.2, 0) is 6.42 Å². The van der Waals surface area contributed by atoms with Crippen molar-refractivity contribution in [1.82, 2.24) is 0 Å². The van der Waals surface area contributed by atoms with Crippen molar-refractivity contribution in [2.75, 3.05) is 0 Å². The normalized spacial score (nSPS) is 20.4. The van der Waals surface area contributed by atoms with Gasteiger partial charge in [0, 0.05) is 11.5 Å². The summed E-state index contributed by atoms with van der Waals surface area (Å²) in [5.74, 6) is 0.354. The molecule has 2 heteroatoms. The molecule has 1 atom stereocenters. The zero-order chi connectivity index (χ0) is 13.2. The standard InChI is InChI=1S/C16H22O2/c1-16(2,18)11-10-13-8-5-7-12-6-3-4-9-14(12)15(13)17/h3-4,6,9,13,18H,5,7-8,10-11H2,1-2H3. The minimum Gasteiger partial charge on any atom is -0.390 e. The molecule has 0 amide bonds. The molecule has 1 aromatic carbocycles. The summed E-state index contributed by atoms with van der Waals surface area (Å²) in [5, 5.41) is 9.79. The van der Waals surface area contributed by atoms with Crippen molar-refractivity contribution >= 4 is 5.78 Å². The van der Waals surface area contributed by atoms with Crippen LogP contribution in [0.1, 0.15) is 55.5 Å². The minimum absolute atomic E-state index is 0.0834. The lowest BCUT2D eigenvalue weighted by Gasteiger charge is -2.20. The molecular formula is C16H22O2. The molecule has 1 aliphatic rings. The molecule has 0 aromatic heterocycles. The molecule has 0 heterocycles. The van der Waals surface area contributed by atoms with Crippen LogP contribution < -0.4 is 0 Å². The summed E-state index contributed by atoms with van der Waals surface area (Å²) in [6, 6.07) is 7.95. The Morgan fingerprint density at radius 3 is 2.78 bits per heavy atom. The van der Waals surface area contributed by atoms with Gasteiger partial charge >= 0.3 is 0 Å². The second-order valence-corrected chi connectivity index (χ2v) is 5.96. The fourth-order valence-electron chi connectivity index (χ4n) is 2.67. The predicted molar refractivity (Wildman–Crippen MR) is 72.7 cm³/mol. The van der Waals surface area contributed by atoms with E-state index in [4.69, 9.17) is 0 Å². The van der Waals surface area contributed by atoms with Gasteiger partial charge in [-0.05, 0) is 51.5 Å². The second kappa shape index (κ2) is 5.23. The van der Waals surface area contributed by atoms with Crippen molar-refractivity contribution in [1.29, 1.82) is 0 Å². The van der Waals surface area contributed by atoms with E-state index in [9.17, 15) is 9.90 Å². The molecule has 0 aliphatic heterocycles. The Morgan fingerprint density at radius 2 is 2.06 bits per heavy atom. The molecule has 1 aliphatic carbocycles. The summed E-state index contributed by atoms with van der Waals surface area (Å²) in [6.45, 7) is 3.62. The first-order valence-electron chi connectivity index (χ1n) is 6.82. The number of carbonyl (C=O) groups is 1. The van der Waals surface area contributed by atoms with Crippen LogP contribution in [0.3, 0.4) is 0 Å². The summed E-state index contributed by atoms with van der Waals surface area (Å²) in [7, 11) is 0. The van der Waals surface area contributed by atoms with Crippen molar-refractivity contribution in [3.8, 4) is 0 Å². The zero-order valence-corrected chi connectivity index (χ0v) is 11.3. The highest BCUT2D eigenvalue weighted by Gasteiger charge is 2.26. The molecule has 2 nitrogen and oxygen atoms in total. The molecule has 2 rings (SSSR count). The van der Waals surface area contributed by atoms with Crippen molar-refractivity contribution in [2.24, 2.45) is 5.92 Å². The van der Waals surface area contributed by atoms with Crippen molar-refractivity contribution in [3.05, 3.63) is 35.4 Å². The Morgan fingerprint density at radius 1 is 1.33 bits per heavy atom. The van der Waals surface area contributed by atoms with E-state index in [0.717, 1.165) is 31.2 Å². The van der Waals surface area contributed by atoms with Gasteiger partial charge in [-0.2, -0.15) is 0 Å². The van der Waals surface area contributed by atoms with Crippen LogP contribution in [0.5, 0.6) is 0 Å². The highest BCUT2D eigenvalue weighted by Crippen LogP contribution is 2.29. The monoisotopic (exact) mass is 246 g/mol. The molecule has 98 valence electrons. The van der Waals surface area contributed by atoms with Crippen LogP contribution in [0.15, 0.2) is 24.3 Å². The van der Waals surface area contributed by atoms with E-state index in [1.165, 1.54) is 5.56 Å². The van der Waals surface area contributed by atoms with Crippen molar-refractivity contribution in [2.45, 2.75) is 51.6 Å². The molecule has 0 bridgehead atoms. The van der Waals surface area contributed by atoms with Gasteiger partial charge in [-0.3, -0.25) is 4.79 Å². The molecule has 1 unspecified atom stereocenters. The number of aliphatic hydroxyl groups is 1. The number of ketones is 1. The molecule has 0 saturated heterocycles. The van der Waals surface area contributed by atoms with Gasteiger partial charge in [-0.1, -0.05) is 24.3 Å². The van der Waals surface area contributed by atoms with Crippen LogP contribution in [0.25, 0.3) is 0 Å². The number of hydrogen-bond donors (Lipinski definition) is 1. The number of fused-ring (bicyclic) bond motifs is 1. The maximum absolute atomic E-state index is 12.5. The third-order valence-corrected chi connectivity index (χ3v) is 3.76. The van der Waals surface area contributed by atoms with Crippen LogP contribution in [0, 0.1) is 5.92 Å². The van der Waals surface area contributed by atoms with E-state index in [0.29, 0.717) is 6.42 Å². The first-order valence-corrected chi connectivity index (χ1v) is 6.82. The highest BCUT2D eigenvalue weighted by atomic mass is 16.3. The maximum Gasteiger partial charge on any atom is 0.166 e. The lowest BCUT2D eigenvalue weighted by molar-refractivity contribution is 0.0604. The lowest BCUT2D eigenvalue weighted by atomic mass is 9.87. The second-order valence-electron chi connectivity index (χ2n) is 5.96. The van der Waals surface area contributed by atoms with E-state index in [-0.39, 0.29) is 11.7 Å². The average Bonchev–Trinajstić information content (AvgIpc) is 2.46. The molecule has 1 N–H and O–H groups in total. The molecule has 18 heavy (non-hydrogen) atoms. The number of carbonyl (C=O) groups excluding carboxylic acids is 1. The lowest BCUT2D eigenvalue weighted by Crippen LogP contribution is -2.22. The van der Waals surface area contributed by atoms with E-state index in [2.05, 4.69) is 6.07 Å². The van der Waals surface area contributed by atoms with E-state index >= 15 is 0 Å². The third-order valence-electron chi connectivity index (χ3n) is 3.76. The number of Topliss-reactive ketones (excluding diaryl/α,β-unsaturated/α-hetero) is 1. The highest BCUT2D eigenvalue weighted by molar-refractivity contribution is 5.99. The molecule has 0 spiro atoms. The maximum atomic E-state index is 12.5. The zero-order valence-electron chi connectivity index (χ0n) is 11.3. The Balaban J connectivity index is 2.13. The molecular weight excluding hydrogens is 224 g/mol. The van der Waals surface area contributed by atoms with Crippen molar-refractivity contribution < 1.29 is 9.90 Å². The van der Waals surface area contributed by atoms with Crippen LogP contribution >= 0.6 is 0 Å². The van der Waals surface area contributed by atoms with Crippen LogP contribution in [0.4, 0.5) is 0 Å². The van der Waals surface area contributed by atoms with Gasteiger partial charge in [0.1, 0.15) is 0 Å². The topological polar surface area (TPSA) is 37.3 Å². The van der Waals surface area contributed by atoms with Gasteiger partial charge in [0.25, 0.3) is 0 Å². The molecule has 1 aromatic rings. The van der Waals surface area contributed by atoms with Gasteiger partial charge in [0.2, 0.25) is 0 Å². The Kier molecular flexibility index (Phi) is 3.86. The molecule has 0 radical (unpaired) electrons. The fraction of sp³-hybridized carbons (Fsp3) is 0.562. The number of benzene rings is 1. The third kappa shape index (κ3) is 3.20. The quantitative estimate of drug-likeness (QED) is 0.830. The van der Waals surface area contributed by atoms with Gasteiger partial charge in [0.15, 0.2) is 5.78 Å². The van der Waals surface area contributed by atoms with Crippen LogP contribution in [0.2, 0.25) is 0 Å². The summed E-state index contributed by atoms with van der Waals surface area (Å²) >= 11 is 0. The molecule has 0 saturated carbocycles. The van der Waals surface area contributed by atoms with Crippen molar-refractivity contribution in [3.63, 3.8) is 0 Å². The molecule has 0 fully saturated rings. The van der Waals surface area contributed by atoms with Gasteiger partial charge in [-0.15, -0.1) is 0 Å². The first-order chi connectivity index (χ1) is 8.47. The Hall–Kier alpha value is -1.15. The van der Waals surface area contributed by atoms with Gasteiger partial charge < -0.3 is 5.11 Å². The Labute approximate surface area is 109 Å². The van der Waals surface area contributed by atoms with Crippen LogP contribution in [-0.4, -0.2) is 16.5 Å². The summed E-state index contributed by atoms with van der Waals surface area (Å²) in [6.07, 6.45) is 4.49. The Bertz CT molecular complexity index is 429. The summed E-state index contributed by atoms with van der Waals surface area (Å²) in [5.41, 5.74) is 1.41. The largest absolute Gasteiger partial charge is 0.390 e. The number of hydrogen-bond acceptors (Lipinski definition) is 2. The summed E-state index contributed by atoms with van der Waals surface area (Å²) < 4.78 is 0. The first kappa shape index (κ1) is 13.3.